The molecule has 0 aromatic carbocycles. The highest BCUT2D eigenvalue weighted by Crippen LogP contribution is 2.12. The summed E-state index contributed by atoms with van der Waals surface area (Å²) in [5, 5.41) is 17.4. The first-order chi connectivity index (χ1) is 11.3. The molecule has 0 unspecified atom stereocenters. The van der Waals surface area contributed by atoms with Crippen molar-refractivity contribution < 1.29 is 9.47 Å². The minimum absolute atomic E-state index is 0.354. The van der Waals surface area contributed by atoms with Crippen LogP contribution in [-0.2, 0) is 0 Å². The van der Waals surface area contributed by atoms with Gasteiger partial charge in [-0.25, -0.2) is 9.97 Å². The second-order valence-electron chi connectivity index (χ2n) is 4.74. The maximum Gasteiger partial charge on any atom is 0.144 e. The maximum absolute atomic E-state index is 8.75. The molecular weight excluding hydrogens is 292 g/mol. The number of aromatic nitrogens is 2. The predicted octanol–water partition coefficient (Wildman–Crippen LogP) is 2.85. The van der Waals surface area contributed by atoms with Crippen molar-refractivity contribution in [3.8, 4) is 23.6 Å². The minimum atomic E-state index is 0.354. The molecule has 2 aromatic rings. The van der Waals surface area contributed by atoms with Gasteiger partial charge in [-0.05, 0) is 37.5 Å². The van der Waals surface area contributed by atoms with E-state index in [1.54, 1.807) is 36.7 Å². The molecule has 6 heteroatoms. The van der Waals surface area contributed by atoms with Crippen LogP contribution in [-0.4, -0.2) is 23.2 Å². The largest absolute Gasteiger partial charge is 0.493 e. The zero-order valence-electron chi connectivity index (χ0n) is 12.6. The Morgan fingerprint density at radius 3 is 2.22 bits per heavy atom. The van der Waals surface area contributed by atoms with Gasteiger partial charge in [0.05, 0.1) is 19.4 Å². The van der Waals surface area contributed by atoms with Gasteiger partial charge >= 0.3 is 0 Å². The van der Waals surface area contributed by atoms with Crippen LogP contribution in [0.3, 0.4) is 0 Å². The van der Waals surface area contributed by atoms with Crippen LogP contribution in [0.5, 0.6) is 11.5 Å². The van der Waals surface area contributed by atoms with Crippen LogP contribution in [0, 0.1) is 22.7 Å². The van der Waals surface area contributed by atoms with E-state index >= 15 is 0 Å². The fourth-order valence-electron chi connectivity index (χ4n) is 1.85. The number of hydrogen-bond donors (Lipinski definition) is 0. The van der Waals surface area contributed by atoms with Gasteiger partial charge in [-0.3, -0.25) is 0 Å². The fourth-order valence-corrected chi connectivity index (χ4v) is 1.85. The van der Waals surface area contributed by atoms with E-state index in [4.69, 9.17) is 20.0 Å². The molecule has 0 amide bonds. The second kappa shape index (κ2) is 9.01. The van der Waals surface area contributed by atoms with Gasteiger partial charge in [0.25, 0.3) is 0 Å². The molecule has 0 aliphatic heterocycles. The highest BCUT2D eigenvalue weighted by Gasteiger charge is 1.98. The first-order valence-corrected chi connectivity index (χ1v) is 7.30. The van der Waals surface area contributed by atoms with E-state index < -0.39 is 0 Å². The quantitative estimate of drug-likeness (QED) is 0.696. The first kappa shape index (κ1) is 16.3. The number of nitriles is 2. The van der Waals surface area contributed by atoms with E-state index in [1.165, 1.54) is 0 Å². The summed E-state index contributed by atoms with van der Waals surface area (Å²) >= 11 is 0. The summed E-state index contributed by atoms with van der Waals surface area (Å²) in [4.78, 5) is 7.82. The summed E-state index contributed by atoms with van der Waals surface area (Å²) < 4.78 is 11.1. The summed E-state index contributed by atoms with van der Waals surface area (Å²) in [6.07, 6.45) is 5.90. The molecule has 23 heavy (non-hydrogen) atoms. The lowest BCUT2D eigenvalue weighted by molar-refractivity contribution is 0.278. The molecule has 0 spiro atoms. The van der Waals surface area contributed by atoms with E-state index in [-0.39, 0.29) is 0 Å². The van der Waals surface area contributed by atoms with Crippen LogP contribution in [0.4, 0.5) is 0 Å². The maximum atomic E-state index is 8.75. The van der Waals surface area contributed by atoms with Gasteiger partial charge in [-0.2, -0.15) is 10.5 Å². The van der Waals surface area contributed by atoms with Crippen molar-refractivity contribution in [3.63, 3.8) is 0 Å². The smallest absolute Gasteiger partial charge is 0.144 e. The summed E-state index contributed by atoms with van der Waals surface area (Å²) in [6, 6.07) is 10.7. The Morgan fingerprint density at radius 1 is 0.826 bits per heavy atom. The average Bonchev–Trinajstić information content (AvgIpc) is 2.61. The normalized spacial score (nSPS) is 9.65. The Hall–Kier alpha value is -3.12. The molecule has 2 heterocycles. The Kier molecular flexibility index (Phi) is 6.37. The number of nitrogens with zero attached hydrogens (tertiary/aromatic N) is 4. The van der Waals surface area contributed by atoms with E-state index in [9.17, 15) is 0 Å². The molecule has 6 nitrogen and oxygen atoms in total. The minimum Gasteiger partial charge on any atom is -0.493 e. The summed E-state index contributed by atoms with van der Waals surface area (Å²) in [5.41, 5.74) is 0.733. The van der Waals surface area contributed by atoms with Gasteiger partial charge in [-0.15, -0.1) is 0 Å². The Balaban J connectivity index is 1.57. The van der Waals surface area contributed by atoms with Crippen molar-refractivity contribution in [1.82, 2.24) is 9.97 Å². The van der Waals surface area contributed by atoms with Gasteiger partial charge in [-0.1, -0.05) is 0 Å². The average molecular weight is 308 g/mol. The lowest BCUT2D eigenvalue weighted by atomic mass is 10.2. The number of hydrogen-bond acceptors (Lipinski definition) is 6. The van der Waals surface area contributed by atoms with Crippen molar-refractivity contribution in [2.45, 2.75) is 19.3 Å². The van der Waals surface area contributed by atoms with Crippen molar-refractivity contribution in [2.75, 3.05) is 13.2 Å². The van der Waals surface area contributed by atoms with E-state index in [2.05, 4.69) is 9.97 Å². The Labute approximate surface area is 134 Å². The number of ether oxygens (including phenoxy) is 2. The first-order valence-electron chi connectivity index (χ1n) is 7.30. The highest BCUT2D eigenvalue weighted by molar-refractivity contribution is 5.29. The molecule has 0 fully saturated rings. The fraction of sp³-hybridized carbons (Fsp3) is 0.294. The zero-order valence-corrected chi connectivity index (χ0v) is 12.6. The van der Waals surface area contributed by atoms with Gasteiger partial charge in [0.2, 0.25) is 0 Å². The van der Waals surface area contributed by atoms with Crippen molar-refractivity contribution in [3.05, 3.63) is 48.0 Å². The zero-order chi connectivity index (χ0) is 16.3. The lowest BCUT2D eigenvalue weighted by Gasteiger charge is -2.07. The molecule has 0 radical (unpaired) electrons. The van der Waals surface area contributed by atoms with Crippen molar-refractivity contribution in [1.29, 1.82) is 10.5 Å². The molecule has 0 saturated carbocycles. The van der Waals surface area contributed by atoms with Crippen LogP contribution < -0.4 is 9.47 Å². The SMILES string of the molecule is N#Cc1ccc(OCCCCCOc2ccnc(C#N)c2)cn1. The molecule has 0 atom stereocenters. The van der Waals surface area contributed by atoms with Gasteiger partial charge in [0.15, 0.2) is 0 Å². The number of unbranched alkanes of at least 4 members (excludes halogenated alkanes) is 2. The van der Waals surface area contributed by atoms with E-state index in [0.29, 0.717) is 36.1 Å². The molecule has 0 aliphatic rings. The molecule has 2 aromatic heterocycles. The van der Waals surface area contributed by atoms with Crippen LogP contribution in [0.25, 0.3) is 0 Å². The molecule has 116 valence electrons. The molecule has 0 saturated heterocycles. The van der Waals surface area contributed by atoms with E-state index in [0.717, 1.165) is 19.3 Å². The standard InChI is InChI=1S/C17H16N4O2/c18-11-14-4-5-17(13-21-14)23-9-3-1-2-8-22-16-6-7-20-15(10-16)12-19/h4-7,10,13H,1-3,8-9H2. The van der Waals surface area contributed by atoms with Gasteiger partial charge < -0.3 is 9.47 Å². The van der Waals surface area contributed by atoms with Crippen LogP contribution in [0.1, 0.15) is 30.7 Å². The second-order valence-corrected chi connectivity index (χ2v) is 4.74. The third kappa shape index (κ3) is 5.64. The third-order valence-electron chi connectivity index (χ3n) is 3.02. The summed E-state index contributed by atoms with van der Waals surface area (Å²) in [6.45, 7) is 1.19. The van der Waals surface area contributed by atoms with Gasteiger partial charge in [0.1, 0.15) is 35.0 Å². The van der Waals surface area contributed by atoms with Crippen LogP contribution in [0.15, 0.2) is 36.7 Å². The van der Waals surface area contributed by atoms with Crippen LogP contribution >= 0.6 is 0 Å². The van der Waals surface area contributed by atoms with Crippen LogP contribution in [0.2, 0.25) is 0 Å². The lowest BCUT2D eigenvalue weighted by Crippen LogP contribution is -2.01. The Morgan fingerprint density at radius 2 is 1.57 bits per heavy atom. The third-order valence-corrected chi connectivity index (χ3v) is 3.02. The Bertz CT molecular complexity index is 702. The number of pyridine rings is 2. The monoisotopic (exact) mass is 308 g/mol. The molecular formula is C17H16N4O2. The molecule has 2 rings (SSSR count). The topological polar surface area (TPSA) is 91.8 Å². The van der Waals surface area contributed by atoms with E-state index in [1.807, 2.05) is 12.1 Å². The summed E-state index contributed by atoms with van der Waals surface area (Å²) in [7, 11) is 0. The summed E-state index contributed by atoms with van der Waals surface area (Å²) in [5.74, 6) is 1.33. The highest BCUT2D eigenvalue weighted by atomic mass is 16.5. The predicted molar refractivity (Wildman–Crippen MR) is 82.7 cm³/mol. The van der Waals surface area contributed by atoms with Crippen molar-refractivity contribution >= 4 is 0 Å². The number of rotatable bonds is 8. The molecule has 0 N–H and O–H groups in total. The molecule has 0 aliphatic carbocycles. The van der Waals surface area contributed by atoms with Crippen molar-refractivity contribution in [2.24, 2.45) is 0 Å². The van der Waals surface area contributed by atoms with Gasteiger partial charge in [0, 0.05) is 12.3 Å². The molecule has 0 bridgehead atoms.